The van der Waals surface area contributed by atoms with E-state index >= 15 is 0 Å². The van der Waals surface area contributed by atoms with Crippen LogP contribution in [0.5, 0.6) is 0 Å². The lowest BCUT2D eigenvalue weighted by Gasteiger charge is -2.50. The average Bonchev–Trinajstić information content (AvgIpc) is 2.71. The lowest BCUT2D eigenvalue weighted by molar-refractivity contribution is 0.00270. The number of benzene rings is 2. The van der Waals surface area contributed by atoms with Crippen LogP contribution in [0.1, 0.15) is 43.2 Å². The number of nitrogens with zero attached hydrogens (tertiary/aromatic N) is 2. The third-order valence-corrected chi connectivity index (χ3v) is 6.20. The van der Waals surface area contributed by atoms with Crippen LogP contribution >= 0.6 is 0 Å². The summed E-state index contributed by atoms with van der Waals surface area (Å²) in [5.41, 5.74) is 3.23. The lowest BCUT2D eigenvalue weighted by Crippen LogP contribution is -2.54. The molecular weight excluding hydrogens is 304 g/mol. The van der Waals surface area contributed by atoms with Gasteiger partial charge in [0.25, 0.3) is 0 Å². The SMILES string of the molecule is c1ccc(CN2CCC(c3ccccc3)(N3CCCCC3)CC2)cc1. The summed E-state index contributed by atoms with van der Waals surface area (Å²) < 4.78 is 0. The predicted octanol–water partition coefficient (Wildman–Crippen LogP) is 4.66. The van der Waals surface area contributed by atoms with Gasteiger partial charge in [-0.25, -0.2) is 0 Å². The molecule has 0 aliphatic carbocycles. The highest BCUT2D eigenvalue weighted by Crippen LogP contribution is 2.40. The van der Waals surface area contributed by atoms with E-state index < -0.39 is 0 Å². The fourth-order valence-corrected chi connectivity index (χ4v) is 4.78. The molecular formula is C23H30N2. The fraction of sp³-hybridized carbons (Fsp3) is 0.478. The summed E-state index contributed by atoms with van der Waals surface area (Å²) in [7, 11) is 0. The molecule has 2 aliphatic rings. The van der Waals surface area contributed by atoms with Crippen molar-refractivity contribution in [2.75, 3.05) is 26.2 Å². The number of rotatable bonds is 4. The molecule has 0 radical (unpaired) electrons. The van der Waals surface area contributed by atoms with Gasteiger partial charge in [-0.1, -0.05) is 67.1 Å². The van der Waals surface area contributed by atoms with Crippen molar-refractivity contribution in [2.24, 2.45) is 0 Å². The number of piperidine rings is 2. The highest BCUT2D eigenvalue weighted by Gasteiger charge is 2.41. The van der Waals surface area contributed by atoms with Crippen LogP contribution in [-0.2, 0) is 12.1 Å². The van der Waals surface area contributed by atoms with Gasteiger partial charge in [0, 0.05) is 25.2 Å². The quantitative estimate of drug-likeness (QED) is 0.802. The van der Waals surface area contributed by atoms with Crippen molar-refractivity contribution in [1.29, 1.82) is 0 Å². The molecule has 132 valence electrons. The molecule has 0 amide bonds. The van der Waals surface area contributed by atoms with Gasteiger partial charge < -0.3 is 0 Å². The summed E-state index contributed by atoms with van der Waals surface area (Å²) in [6, 6.07) is 22.2. The van der Waals surface area contributed by atoms with Crippen LogP contribution < -0.4 is 0 Å². The molecule has 0 unspecified atom stereocenters. The van der Waals surface area contributed by atoms with Crippen molar-refractivity contribution in [2.45, 2.75) is 44.2 Å². The van der Waals surface area contributed by atoms with E-state index in [2.05, 4.69) is 70.5 Å². The summed E-state index contributed by atoms with van der Waals surface area (Å²) in [6.07, 6.45) is 6.64. The van der Waals surface area contributed by atoms with Crippen molar-refractivity contribution in [3.05, 3.63) is 71.8 Å². The molecule has 2 heteroatoms. The minimum absolute atomic E-state index is 0.259. The van der Waals surface area contributed by atoms with Crippen molar-refractivity contribution < 1.29 is 0 Å². The van der Waals surface area contributed by atoms with Gasteiger partial charge in [0.2, 0.25) is 0 Å². The number of hydrogen-bond donors (Lipinski definition) is 0. The first-order chi connectivity index (χ1) is 12.4. The predicted molar refractivity (Wildman–Crippen MR) is 104 cm³/mol. The molecule has 2 nitrogen and oxygen atoms in total. The molecule has 0 bridgehead atoms. The Bertz CT molecular complexity index is 638. The van der Waals surface area contributed by atoms with Gasteiger partial charge in [0.1, 0.15) is 0 Å². The highest BCUT2D eigenvalue weighted by molar-refractivity contribution is 5.26. The van der Waals surface area contributed by atoms with Crippen molar-refractivity contribution in [3.63, 3.8) is 0 Å². The molecule has 0 atom stereocenters. The van der Waals surface area contributed by atoms with E-state index in [1.807, 2.05) is 0 Å². The smallest absolute Gasteiger partial charge is 0.0484 e. The minimum atomic E-state index is 0.259. The summed E-state index contributed by atoms with van der Waals surface area (Å²) in [5, 5.41) is 0. The molecule has 25 heavy (non-hydrogen) atoms. The maximum absolute atomic E-state index is 2.81. The van der Waals surface area contributed by atoms with E-state index in [1.54, 1.807) is 0 Å². The summed E-state index contributed by atoms with van der Waals surface area (Å²) in [4.78, 5) is 5.45. The van der Waals surface area contributed by atoms with E-state index in [1.165, 1.54) is 69.4 Å². The van der Waals surface area contributed by atoms with Crippen LogP contribution in [0.15, 0.2) is 60.7 Å². The second-order valence-electron chi connectivity index (χ2n) is 7.71. The van der Waals surface area contributed by atoms with Crippen LogP contribution in [0.2, 0.25) is 0 Å². The molecule has 2 saturated heterocycles. The molecule has 0 spiro atoms. The lowest BCUT2D eigenvalue weighted by atomic mass is 9.78. The first kappa shape index (κ1) is 16.8. The fourth-order valence-electron chi connectivity index (χ4n) is 4.78. The molecule has 4 rings (SSSR count). The molecule has 2 aliphatic heterocycles. The topological polar surface area (TPSA) is 6.48 Å². The van der Waals surface area contributed by atoms with Gasteiger partial charge in [-0.05, 0) is 49.9 Å². The summed E-state index contributed by atoms with van der Waals surface area (Å²) in [5.74, 6) is 0. The molecule has 2 aromatic rings. The third-order valence-electron chi connectivity index (χ3n) is 6.20. The first-order valence-corrected chi connectivity index (χ1v) is 9.94. The van der Waals surface area contributed by atoms with Crippen LogP contribution in [0, 0.1) is 0 Å². The number of likely N-dealkylation sites (tertiary alicyclic amines) is 2. The molecule has 0 aromatic heterocycles. The average molecular weight is 335 g/mol. The summed E-state index contributed by atoms with van der Waals surface area (Å²) in [6.45, 7) is 6.02. The third kappa shape index (κ3) is 3.65. The second kappa shape index (κ2) is 7.72. The molecule has 0 saturated carbocycles. The van der Waals surface area contributed by atoms with Crippen molar-refractivity contribution in [3.8, 4) is 0 Å². The Balaban J connectivity index is 1.51. The zero-order valence-electron chi connectivity index (χ0n) is 15.2. The largest absolute Gasteiger partial charge is 0.299 e. The molecule has 2 fully saturated rings. The van der Waals surface area contributed by atoms with Crippen LogP contribution in [0.3, 0.4) is 0 Å². The Hall–Kier alpha value is -1.64. The van der Waals surface area contributed by atoms with Crippen LogP contribution in [0.4, 0.5) is 0 Å². The Morgan fingerprint density at radius 3 is 1.92 bits per heavy atom. The first-order valence-electron chi connectivity index (χ1n) is 9.94. The molecule has 0 N–H and O–H groups in total. The van der Waals surface area contributed by atoms with E-state index in [-0.39, 0.29) is 5.54 Å². The van der Waals surface area contributed by atoms with Crippen LogP contribution in [-0.4, -0.2) is 36.0 Å². The highest BCUT2D eigenvalue weighted by atomic mass is 15.2. The van der Waals surface area contributed by atoms with E-state index in [0.717, 1.165) is 6.54 Å². The maximum Gasteiger partial charge on any atom is 0.0484 e. The van der Waals surface area contributed by atoms with Gasteiger partial charge in [0.15, 0.2) is 0 Å². The van der Waals surface area contributed by atoms with E-state index in [0.29, 0.717) is 0 Å². The molecule has 2 aromatic carbocycles. The normalized spacial score (nSPS) is 21.9. The van der Waals surface area contributed by atoms with Crippen molar-refractivity contribution in [1.82, 2.24) is 9.80 Å². The minimum Gasteiger partial charge on any atom is -0.299 e. The van der Waals surface area contributed by atoms with Crippen LogP contribution in [0.25, 0.3) is 0 Å². The van der Waals surface area contributed by atoms with Gasteiger partial charge in [-0.2, -0.15) is 0 Å². The monoisotopic (exact) mass is 334 g/mol. The summed E-state index contributed by atoms with van der Waals surface area (Å²) >= 11 is 0. The standard InChI is InChI=1S/C23H30N2/c1-4-10-21(11-5-1)20-24-18-14-23(15-19-24,22-12-6-2-7-13-22)25-16-8-3-9-17-25/h1-2,4-7,10-13H,3,8-9,14-20H2. The maximum atomic E-state index is 2.81. The van der Waals surface area contributed by atoms with Gasteiger partial charge >= 0.3 is 0 Å². The Kier molecular flexibility index (Phi) is 5.19. The zero-order valence-corrected chi connectivity index (χ0v) is 15.2. The Morgan fingerprint density at radius 2 is 1.28 bits per heavy atom. The van der Waals surface area contributed by atoms with E-state index in [9.17, 15) is 0 Å². The van der Waals surface area contributed by atoms with Gasteiger partial charge in [-0.15, -0.1) is 0 Å². The second-order valence-corrected chi connectivity index (χ2v) is 7.71. The Labute approximate surface area is 152 Å². The zero-order chi connectivity index (χ0) is 17.0. The number of hydrogen-bond acceptors (Lipinski definition) is 2. The molecule has 2 heterocycles. The van der Waals surface area contributed by atoms with E-state index in [4.69, 9.17) is 0 Å². The van der Waals surface area contributed by atoms with Crippen molar-refractivity contribution >= 4 is 0 Å². The van der Waals surface area contributed by atoms with Gasteiger partial charge in [0.05, 0.1) is 0 Å². The Morgan fingerprint density at radius 1 is 0.680 bits per heavy atom. The van der Waals surface area contributed by atoms with Gasteiger partial charge in [-0.3, -0.25) is 9.80 Å².